The van der Waals surface area contributed by atoms with Crippen LogP contribution in [0.3, 0.4) is 0 Å². The molecule has 0 spiro atoms. The fourth-order valence-corrected chi connectivity index (χ4v) is 3.02. The van der Waals surface area contributed by atoms with E-state index in [1.807, 2.05) is 20.8 Å². The molecular weight excluding hydrogens is 338 g/mol. The second kappa shape index (κ2) is 6.79. The number of amides is 1. The highest BCUT2D eigenvalue weighted by Crippen LogP contribution is 2.16. The molecule has 1 amide bonds. The highest BCUT2D eigenvalue weighted by molar-refractivity contribution is 7.71. The van der Waals surface area contributed by atoms with Crippen molar-refractivity contribution in [2.45, 2.75) is 46.2 Å². The predicted octanol–water partition coefficient (Wildman–Crippen LogP) is 2.65. The van der Waals surface area contributed by atoms with Gasteiger partial charge in [0.1, 0.15) is 0 Å². The molecule has 0 radical (unpaired) electrons. The number of nitrogens with zero attached hydrogens (tertiary/aromatic N) is 3. The van der Waals surface area contributed by atoms with E-state index in [2.05, 4.69) is 15.5 Å². The molecule has 3 aromatic rings. The first-order chi connectivity index (χ1) is 12.0. The van der Waals surface area contributed by atoms with Crippen LogP contribution in [0.25, 0.3) is 16.7 Å². The Morgan fingerprint density at radius 1 is 1.40 bits per heavy atom. The van der Waals surface area contributed by atoms with Gasteiger partial charge in [-0.05, 0) is 50.2 Å². The van der Waals surface area contributed by atoms with Gasteiger partial charge in [0, 0.05) is 18.2 Å². The number of rotatable bonds is 5. The molecule has 0 saturated heterocycles. The topological polar surface area (TPSA) is 84.2 Å². The van der Waals surface area contributed by atoms with E-state index in [0.29, 0.717) is 33.6 Å². The molecule has 2 N–H and O–H groups in total. The molecule has 0 bridgehead atoms. The van der Waals surface area contributed by atoms with Gasteiger partial charge in [-0.25, -0.2) is 5.10 Å². The first-order valence-corrected chi connectivity index (χ1v) is 8.83. The van der Waals surface area contributed by atoms with Crippen LogP contribution in [0, 0.1) is 4.77 Å². The summed E-state index contributed by atoms with van der Waals surface area (Å²) in [6.45, 7) is 6.51. The first-order valence-electron chi connectivity index (χ1n) is 8.42. The zero-order valence-corrected chi connectivity index (χ0v) is 15.3. The van der Waals surface area contributed by atoms with Crippen molar-refractivity contribution in [1.29, 1.82) is 0 Å². The van der Waals surface area contributed by atoms with Crippen molar-refractivity contribution in [1.82, 2.24) is 24.5 Å². The highest BCUT2D eigenvalue weighted by Gasteiger charge is 2.16. The predicted molar refractivity (Wildman–Crippen MR) is 99.7 cm³/mol. The zero-order chi connectivity index (χ0) is 18.1. The van der Waals surface area contributed by atoms with Crippen LogP contribution in [0.15, 0.2) is 23.0 Å². The maximum Gasteiger partial charge on any atom is 0.262 e. The molecule has 0 fully saturated rings. The van der Waals surface area contributed by atoms with Gasteiger partial charge in [0.2, 0.25) is 10.5 Å². The highest BCUT2D eigenvalue weighted by atomic mass is 32.1. The van der Waals surface area contributed by atoms with E-state index in [0.717, 1.165) is 12.8 Å². The number of carbonyl (C=O) groups excluding carboxylic acids is 1. The smallest absolute Gasteiger partial charge is 0.262 e. The molecule has 1 aromatic carbocycles. The Kier molecular flexibility index (Phi) is 4.71. The number of H-pyrrole nitrogens is 1. The number of nitrogens with one attached hydrogen (secondary N) is 2. The monoisotopic (exact) mass is 359 g/mol. The molecule has 132 valence electrons. The van der Waals surface area contributed by atoms with Gasteiger partial charge in [0.15, 0.2) is 0 Å². The SMILES string of the molecule is CCCn1c(=O)c2ccc(C(=O)NC(C)CC)cc2n2c(=S)[nH]nc12. The fraction of sp³-hybridized carbons (Fsp3) is 0.412. The lowest BCUT2D eigenvalue weighted by Gasteiger charge is -2.13. The largest absolute Gasteiger partial charge is 0.350 e. The first kappa shape index (κ1) is 17.3. The average Bonchev–Trinajstić information content (AvgIpc) is 2.99. The lowest BCUT2D eigenvalue weighted by Crippen LogP contribution is -2.32. The van der Waals surface area contributed by atoms with Gasteiger partial charge in [-0.15, -0.1) is 5.10 Å². The molecule has 0 saturated carbocycles. The summed E-state index contributed by atoms with van der Waals surface area (Å²) in [5.41, 5.74) is 0.944. The third-order valence-corrected chi connectivity index (χ3v) is 4.58. The van der Waals surface area contributed by atoms with Gasteiger partial charge < -0.3 is 5.32 Å². The molecule has 3 rings (SSSR count). The number of aromatic amines is 1. The minimum absolute atomic E-state index is 0.0804. The van der Waals surface area contributed by atoms with Crippen LogP contribution in [-0.2, 0) is 6.54 Å². The lowest BCUT2D eigenvalue weighted by molar-refractivity contribution is 0.0939. The van der Waals surface area contributed by atoms with Crippen LogP contribution in [-0.4, -0.2) is 31.1 Å². The summed E-state index contributed by atoms with van der Waals surface area (Å²) < 4.78 is 3.71. The normalized spacial score (nSPS) is 12.6. The molecule has 2 aromatic heterocycles. The van der Waals surface area contributed by atoms with Gasteiger partial charge in [0.05, 0.1) is 10.9 Å². The Labute approximate surface area is 149 Å². The van der Waals surface area contributed by atoms with Gasteiger partial charge in [-0.3, -0.25) is 18.6 Å². The lowest BCUT2D eigenvalue weighted by atomic mass is 10.1. The number of aromatic nitrogens is 4. The molecule has 0 aliphatic heterocycles. The summed E-state index contributed by atoms with van der Waals surface area (Å²) >= 11 is 5.33. The van der Waals surface area contributed by atoms with Crippen LogP contribution in [0.1, 0.15) is 44.0 Å². The number of fused-ring (bicyclic) bond motifs is 3. The van der Waals surface area contributed by atoms with Gasteiger partial charge >= 0.3 is 0 Å². The molecule has 7 nitrogen and oxygen atoms in total. The molecular formula is C17H21N5O2S. The average molecular weight is 359 g/mol. The number of hydrogen-bond donors (Lipinski definition) is 2. The Morgan fingerprint density at radius 2 is 2.16 bits per heavy atom. The second-order valence-corrected chi connectivity index (χ2v) is 6.52. The van der Waals surface area contributed by atoms with E-state index in [-0.39, 0.29) is 17.5 Å². The molecule has 1 atom stereocenters. The summed E-state index contributed by atoms with van der Waals surface area (Å²) in [4.78, 5) is 25.2. The molecule has 2 heterocycles. The molecule has 0 aliphatic rings. The molecule has 8 heteroatoms. The Morgan fingerprint density at radius 3 is 2.84 bits per heavy atom. The zero-order valence-electron chi connectivity index (χ0n) is 14.5. The minimum atomic E-state index is -0.169. The van der Waals surface area contributed by atoms with Crippen molar-refractivity contribution in [3.63, 3.8) is 0 Å². The van der Waals surface area contributed by atoms with E-state index in [1.165, 1.54) is 0 Å². The Balaban J connectivity index is 2.26. The number of benzene rings is 1. The summed E-state index contributed by atoms with van der Waals surface area (Å²) in [6.07, 6.45) is 1.65. The maximum atomic E-state index is 12.8. The van der Waals surface area contributed by atoms with E-state index in [4.69, 9.17) is 12.2 Å². The Hall–Kier alpha value is -2.48. The van der Waals surface area contributed by atoms with E-state index in [9.17, 15) is 9.59 Å². The van der Waals surface area contributed by atoms with E-state index >= 15 is 0 Å². The van der Waals surface area contributed by atoms with E-state index < -0.39 is 0 Å². The summed E-state index contributed by atoms with van der Waals surface area (Å²) in [5.74, 6) is 0.293. The van der Waals surface area contributed by atoms with Crippen LogP contribution >= 0.6 is 12.2 Å². The summed E-state index contributed by atoms with van der Waals surface area (Å²) in [5, 5.41) is 10.4. The van der Waals surface area contributed by atoms with Crippen LogP contribution in [0.2, 0.25) is 0 Å². The number of carbonyl (C=O) groups is 1. The molecule has 25 heavy (non-hydrogen) atoms. The van der Waals surface area contributed by atoms with Crippen molar-refractivity contribution in [3.05, 3.63) is 38.9 Å². The van der Waals surface area contributed by atoms with Crippen molar-refractivity contribution < 1.29 is 4.79 Å². The quantitative estimate of drug-likeness (QED) is 0.686. The van der Waals surface area contributed by atoms with Crippen molar-refractivity contribution in [2.24, 2.45) is 0 Å². The van der Waals surface area contributed by atoms with Gasteiger partial charge in [-0.2, -0.15) is 0 Å². The summed E-state index contributed by atoms with van der Waals surface area (Å²) in [7, 11) is 0. The summed E-state index contributed by atoms with van der Waals surface area (Å²) in [6, 6.07) is 5.14. The molecule has 1 unspecified atom stereocenters. The third-order valence-electron chi connectivity index (χ3n) is 4.31. The Bertz CT molecular complexity index is 1060. The van der Waals surface area contributed by atoms with Crippen LogP contribution in [0.5, 0.6) is 0 Å². The standard InChI is InChI=1S/C17H21N5O2S/c1-4-8-21-15(24)12-7-6-11(14(23)18-10(3)5-2)9-13(12)22-16(21)19-20-17(22)25/h6-7,9-10H,4-5,8H2,1-3H3,(H,18,23)(H,20,25). The van der Waals surface area contributed by atoms with E-state index in [1.54, 1.807) is 27.2 Å². The van der Waals surface area contributed by atoms with Gasteiger partial charge in [-0.1, -0.05) is 13.8 Å². The molecule has 0 aliphatic carbocycles. The van der Waals surface area contributed by atoms with Gasteiger partial charge in [0.25, 0.3) is 11.5 Å². The maximum absolute atomic E-state index is 12.8. The van der Waals surface area contributed by atoms with Crippen molar-refractivity contribution in [2.75, 3.05) is 0 Å². The van der Waals surface area contributed by atoms with Crippen molar-refractivity contribution in [3.8, 4) is 0 Å². The second-order valence-electron chi connectivity index (χ2n) is 6.14. The number of hydrogen-bond acceptors (Lipinski definition) is 4. The minimum Gasteiger partial charge on any atom is -0.350 e. The van der Waals surface area contributed by atoms with Crippen LogP contribution in [0.4, 0.5) is 0 Å². The number of aryl methyl sites for hydroxylation is 1. The third kappa shape index (κ3) is 2.97. The van der Waals surface area contributed by atoms with Crippen LogP contribution < -0.4 is 10.9 Å². The van der Waals surface area contributed by atoms with Crippen molar-refractivity contribution >= 4 is 34.8 Å². The fourth-order valence-electron chi connectivity index (χ4n) is 2.80.